The first-order valence-electron chi connectivity index (χ1n) is 9.16. The summed E-state index contributed by atoms with van der Waals surface area (Å²) in [6.45, 7) is 5.93. The molecule has 6 heteroatoms. The maximum absolute atomic E-state index is 12.4. The number of carbonyl (C=O) groups excluding carboxylic acids is 2. The van der Waals surface area contributed by atoms with Crippen LogP contribution in [-0.2, 0) is 0 Å². The fourth-order valence-corrected chi connectivity index (χ4v) is 3.78. The van der Waals surface area contributed by atoms with Crippen molar-refractivity contribution in [1.29, 1.82) is 0 Å². The number of hydrogen-bond donors (Lipinski definition) is 3. The van der Waals surface area contributed by atoms with E-state index in [9.17, 15) is 9.59 Å². The molecule has 6 nitrogen and oxygen atoms in total. The largest absolute Gasteiger partial charge is 0.338 e. The number of urea groups is 2. The van der Waals surface area contributed by atoms with E-state index in [2.05, 4.69) is 20.9 Å². The van der Waals surface area contributed by atoms with Crippen LogP contribution in [0, 0.1) is 5.92 Å². The van der Waals surface area contributed by atoms with Gasteiger partial charge in [-0.2, -0.15) is 0 Å². The molecular weight excluding hydrogens is 292 g/mol. The summed E-state index contributed by atoms with van der Waals surface area (Å²) in [4.78, 5) is 25.9. The molecule has 2 aliphatic rings. The standard InChI is InChI=1S/C17H32N4O2/c1-13(2)20-16(22)18-10-6-11-19-17(23)21-12-5-8-14-7-3-4-9-15(14)21/h13-15H,3-12H2,1-2H3,(H,19,23)(H2,18,20,22). The van der Waals surface area contributed by atoms with Gasteiger partial charge in [0.15, 0.2) is 0 Å². The second-order valence-electron chi connectivity index (χ2n) is 7.09. The van der Waals surface area contributed by atoms with Crippen LogP contribution in [0.1, 0.15) is 58.8 Å². The van der Waals surface area contributed by atoms with Gasteiger partial charge in [0.05, 0.1) is 0 Å². The summed E-state index contributed by atoms with van der Waals surface area (Å²) >= 11 is 0. The third kappa shape index (κ3) is 5.59. The van der Waals surface area contributed by atoms with E-state index in [1.54, 1.807) is 0 Å². The first-order valence-corrected chi connectivity index (χ1v) is 9.16. The fourth-order valence-electron chi connectivity index (χ4n) is 3.78. The van der Waals surface area contributed by atoms with Crippen molar-refractivity contribution in [2.75, 3.05) is 19.6 Å². The molecule has 0 aromatic carbocycles. The highest BCUT2D eigenvalue weighted by Gasteiger charge is 2.35. The highest BCUT2D eigenvalue weighted by molar-refractivity contribution is 5.75. The Morgan fingerprint density at radius 3 is 2.52 bits per heavy atom. The van der Waals surface area contributed by atoms with Gasteiger partial charge in [-0.25, -0.2) is 9.59 Å². The zero-order chi connectivity index (χ0) is 16.7. The number of rotatable bonds is 5. The minimum atomic E-state index is -0.146. The molecule has 1 saturated carbocycles. The number of fused-ring (bicyclic) bond motifs is 1. The normalized spacial score (nSPS) is 24.0. The van der Waals surface area contributed by atoms with E-state index in [1.807, 2.05) is 13.8 Å². The molecule has 2 atom stereocenters. The highest BCUT2D eigenvalue weighted by Crippen LogP contribution is 2.35. The number of nitrogens with zero attached hydrogens (tertiary/aromatic N) is 1. The van der Waals surface area contributed by atoms with Crippen LogP contribution in [0.3, 0.4) is 0 Å². The van der Waals surface area contributed by atoms with E-state index < -0.39 is 0 Å². The minimum Gasteiger partial charge on any atom is -0.338 e. The first kappa shape index (κ1) is 17.9. The summed E-state index contributed by atoms with van der Waals surface area (Å²) in [5, 5.41) is 8.59. The highest BCUT2D eigenvalue weighted by atomic mass is 16.2. The molecule has 2 unspecified atom stereocenters. The molecule has 1 aliphatic carbocycles. The number of nitrogens with one attached hydrogen (secondary N) is 3. The summed E-state index contributed by atoms with van der Waals surface area (Å²) in [6, 6.07) is 0.519. The van der Waals surface area contributed by atoms with E-state index in [4.69, 9.17) is 0 Å². The lowest BCUT2D eigenvalue weighted by Crippen LogP contribution is -2.53. The van der Waals surface area contributed by atoms with Crippen LogP contribution in [0.2, 0.25) is 0 Å². The Kier molecular flexibility index (Phi) is 6.99. The van der Waals surface area contributed by atoms with Gasteiger partial charge >= 0.3 is 12.1 Å². The second kappa shape index (κ2) is 8.99. The van der Waals surface area contributed by atoms with E-state index in [-0.39, 0.29) is 18.1 Å². The third-order valence-corrected chi connectivity index (χ3v) is 4.84. The van der Waals surface area contributed by atoms with E-state index in [0.717, 1.165) is 25.8 Å². The summed E-state index contributed by atoms with van der Waals surface area (Å²) < 4.78 is 0. The molecule has 1 saturated heterocycles. The molecule has 23 heavy (non-hydrogen) atoms. The molecule has 0 radical (unpaired) electrons. The Labute approximate surface area is 139 Å². The van der Waals surface area contributed by atoms with Crippen molar-refractivity contribution < 1.29 is 9.59 Å². The molecule has 1 heterocycles. The molecule has 1 aliphatic heterocycles. The number of amides is 4. The zero-order valence-electron chi connectivity index (χ0n) is 14.6. The molecule has 2 fully saturated rings. The summed E-state index contributed by atoms with van der Waals surface area (Å²) in [7, 11) is 0. The van der Waals surface area contributed by atoms with Crippen molar-refractivity contribution in [3.8, 4) is 0 Å². The Bertz CT molecular complexity index is 398. The summed E-state index contributed by atoms with van der Waals surface area (Å²) in [6.07, 6.45) is 8.17. The number of piperidine rings is 1. The monoisotopic (exact) mass is 324 g/mol. The molecule has 2 rings (SSSR count). The van der Waals surface area contributed by atoms with E-state index in [1.165, 1.54) is 25.7 Å². The van der Waals surface area contributed by atoms with Gasteiger partial charge < -0.3 is 20.9 Å². The summed E-state index contributed by atoms with van der Waals surface area (Å²) in [5.41, 5.74) is 0. The predicted molar refractivity (Wildman–Crippen MR) is 91.4 cm³/mol. The molecule has 0 bridgehead atoms. The number of likely N-dealkylation sites (tertiary alicyclic amines) is 1. The van der Waals surface area contributed by atoms with Crippen LogP contribution >= 0.6 is 0 Å². The number of hydrogen-bond acceptors (Lipinski definition) is 2. The maximum atomic E-state index is 12.4. The van der Waals surface area contributed by atoms with Gasteiger partial charge in [-0.3, -0.25) is 0 Å². The van der Waals surface area contributed by atoms with Crippen LogP contribution in [0.15, 0.2) is 0 Å². The van der Waals surface area contributed by atoms with Crippen LogP contribution in [-0.4, -0.2) is 48.7 Å². The average Bonchev–Trinajstić information content (AvgIpc) is 2.53. The fraction of sp³-hybridized carbons (Fsp3) is 0.882. The Balaban J connectivity index is 1.63. The zero-order valence-corrected chi connectivity index (χ0v) is 14.6. The van der Waals surface area contributed by atoms with Crippen molar-refractivity contribution >= 4 is 12.1 Å². The lowest BCUT2D eigenvalue weighted by molar-refractivity contribution is 0.0843. The quantitative estimate of drug-likeness (QED) is 0.680. The van der Waals surface area contributed by atoms with Gasteiger partial charge in [0.2, 0.25) is 0 Å². The van der Waals surface area contributed by atoms with Crippen LogP contribution in [0.4, 0.5) is 9.59 Å². The molecule has 0 spiro atoms. The van der Waals surface area contributed by atoms with Crippen molar-refractivity contribution in [2.45, 2.75) is 70.9 Å². The van der Waals surface area contributed by atoms with Gasteiger partial charge in [0.25, 0.3) is 0 Å². The Hall–Kier alpha value is -1.46. The lowest BCUT2D eigenvalue weighted by atomic mass is 9.78. The van der Waals surface area contributed by atoms with Crippen LogP contribution in [0.5, 0.6) is 0 Å². The van der Waals surface area contributed by atoms with Crippen LogP contribution in [0.25, 0.3) is 0 Å². The van der Waals surface area contributed by atoms with Gasteiger partial charge in [0.1, 0.15) is 0 Å². The molecule has 0 aromatic rings. The van der Waals surface area contributed by atoms with Gasteiger partial charge in [0, 0.05) is 31.7 Å². The molecule has 4 amide bonds. The van der Waals surface area contributed by atoms with Crippen molar-refractivity contribution in [2.24, 2.45) is 5.92 Å². The Morgan fingerprint density at radius 1 is 1.04 bits per heavy atom. The van der Waals surface area contributed by atoms with E-state index in [0.29, 0.717) is 25.0 Å². The molecular formula is C17H32N4O2. The number of carbonyl (C=O) groups is 2. The lowest BCUT2D eigenvalue weighted by Gasteiger charge is -2.44. The molecule has 0 aromatic heterocycles. The van der Waals surface area contributed by atoms with E-state index >= 15 is 0 Å². The summed E-state index contributed by atoms with van der Waals surface area (Å²) in [5.74, 6) is 0.713. The average molecular weight is 324 g/mol. The molecule has 3 N–H and O–H groups in total. The molecule has 132 valence electrons. The van der Waals surface area contributed by atoms with Gasteiger partial charge in [-0.05, 0) is 51.9 Å². The van der Waals surface area contributed by atoms with Gasteiger partial charge in [-0.1, -0.05) is 12.8 Å². The Morgan fingerprint density at radius 2 is 1.74 bits per heavy atom. The predicted octanol–water partition coefficient (Wildman–Crippen LogP) is 2.45. The second-order valence-corrected chi connectivity index (χ2v) is 7.09. The minimum absolute atomic E-state index is 0.0771. The van der Waals surface area contributed by atoms with Gasteiger partial charge in [-0.15, -0.1) is 0 Å². The van der Waals surface area contributed by atoms with Crippen molar-refractivity contribution in [3.05, 3.63) is 0 Å². The van der Waals surface area contributed by atoms with Crippen molar-refractivity contribution in [3.63, 3.8) is 0 Å². The SMILES string of the molecule is CC(C)NC(=O)NCCCNC(=O)N1CCCC2CCCCC21. The topological polar surface area (TPSA) is 73.5 Å². The third-order valence-electron chi connectivity index (χ3n) is 4.84. The smallest absolute Gasteiger partial charge is 0.317 e. The van der Waals surface area contributed by atoms with Crippen LogP contribution < -0.4 is 16.0 Å². The van der Waals surface area contributed by atoms with Crippen molar-refractivity contribution in [1.82, 2.24) is 20.9 Å². The first-order chi connectivity index (χ1) is 11.1. The maximum Gasteiger partial charge on any atom is 0.317 e.